The van der Waals surface area contributed by atoms with E-state index in [0.29, 0.717) is 12.3 Å². The van der Waals surface area contributed by atoms with Crippen molar-refractivity contribution in [3.63, 3.8) is 0 Å². The molecule has 1 fully saturated rings. The Bertz CT molecular complexity index is 1420. The lowest BCUT2D eigenvalue weighted by Gasteiger charge is -2.30. The topological polar surface area (TPSA) is 300 Å². The molecule has 44 heavy (non-hydrogen) atoms. The lowest BCUT2D eigenvalue weighted by molar-refractivity contribution is -0.137. The number of phosphoric ester groups is 2. The summed E-state index contributed by atoms with van der Waals surface area (Å²) in [6.45, 7) is 1.16. The van der Waals surface area contributed by atoms with E-state index < -0.39 is 70.8 Å². The molecule has 0 spiro atoms. The third kappa shape index (κ3) is 9.38. The quantitative estimate of drug-likeness (QED) is 0.0696. The number of phosphoric acid groups is 2. The minimum Gasteiger partial charge on any atom is -0.387 e. The number of hydrogen-bond acceptors (Lipinski definition) is 16. The largest absolute Gasteiger partial charge is 0.481 e. The second-order valence-electron chi connectivity index (χ2n) is 10.2. The molecule has 9 N–H and O–H groups in total. The molecule has 1 aliphatic heterocycles. The average molecular weight is 688 g/mol. The number of thiol groups is 1. The number of nitrogens with two attached hydrogens (primary N) is 1. The van der Waals surface area contributed by atoms with Crippen LogP contribution in [-0.4, -0.2) is 113 Å². The molecule has 2 aromatic heterocycles. The Morgan fingerprint density at radius 3 is 2.50 bits per heavy atom. The molecule has 2 unspecified atom stereocenters. The number of amides is 2. The molecule has 7 atom stereocenters. The molecule has 3 rings (SSSR count). The minimum atomic E-state index is -5.35. The van der Waals surface area contributed by atoms with Crippen LogP contribution in [0.2, 0.25) is 0 Å². The average Bonchev–Trinajstić information content (AvgIpc) is 3.50. The Balaban J connectivity index is 1.50. The van der Waals surface area contributed by atoms with E-state index in [1.165, 1.54) is 24.7 Å². The number of carbonyl (C=O) groups excluding carboxylic acids is 2. The molecule has 0 saturated carbocycles. The van der Waals surface area contributed by atoms with Crippen molar-refractivity contribution in [1.29, 1.82) is 0 Å². The molecule has 23 heteroatoms. The molecule has 0 aromatic carbocycles. The van der Waals surface area contributed by atoms with Gasteiger partial charge in [-0.25, -0.2) is 24.1 Å². The second kappa shape index (κ2) is 14.9. The normalized spacial score (nSPS) is 24.0. The number of aliphatic hydroxyl groups is 3. The van der Waals surface area contributed by atoms with Gasteiger partial charge in [-0.2, -0.15) is 16.9 Å². The van der Waals surface area contributed by atoms with Crippen molar-refractivity contribution in [3.8, 4) is 0 Å². The lowest BCUT2D eigenvalue weighted by atomic mass is 9.87. The van der Waals surface area contributed by atoms with Crippen molar-refractivity contribution in [1.82, 2.24) is 30.2 Å². The molecule has 2 aromatic rings. The van der Waals surface area contributed by atoms with Gasteiger partial charge in [0.05, 0.1) is 19.5 Å². The molecule has 2 amide bonds. The van der Waals surface area contributed by atoms with Gasteiger partial charge in [0.25, 0.3) is 0 Å². The first-order chi connectivity index (χ1) is 20.5. The van der Waals surface area contributed by atoms with Gasteiger partial charge in [-0.15, -0.1) is 0 Å². The SMILES string of the molecule is CC(C)(COP(=O)(O)OP(=O)(O)OC[C@@H]1O[C@H](n2cnc3c(N)ncnc32)[C@@H](O)[C@H]1O)[C@H](O)C(=O)NCCC(=O)NCCS. The summed E-state index contributed by atoms with van der Waals surface area (Å²) in [5.41, 5.74) is 4.60. The second-order valence-corrected chi connectivity index (χ2v) is 13.7. The molecule has 0 radical (unpaired) electrons. The number of hydrogen-bond donors (Lipinski definition) is 9. The zero-order valence-corrected chi connectivity index (χ0v) is 26.2. The maximum atomic E-state index is 12.4. The molecular formula is C21H35N7O13P2S. The maximum absolute atomic E-state index is 12.4. The fourth-order valence-electron chi connectivity index (χ4n) is 3.86. The van der Waals surface area contributed by atoms with Crippen LogP contribution in [0.25, 0.3) is 11.2 Å². The van der Waals surface area contributed by atoms with Crippen molar-refractivity contribution < 1.29 is 61.9 Å². The Hall–Kier alpha value is -2.26. The summed E-state index contributed by atoms with van der Waals surface area (Å²) in [7, 11) is -10.7. The first-order valence-electron chi connectivity index (χ1n) is 12.9. The lowest BCUT2D eigenvalue weighted by Crippen LogP contribution is -2.46. The number of anilines is 1. The highest BCUT2D eigenvalue weighted by Crippen LogP contribution is 2.61. The van der Waals surface area contributed by atoms with E-state index in [-0.39, 0.29) is 35.9 Å². The number of aromatic nitrogens is 4. The van der Waals surface area contributed by atoms with Crippen LogP contribution >= 0.6 is 28.3 Å². The molecule has 1 aliphatic rings. The third-order valence-electron chi connectivity index (χ3n) is 6.28. The number of carbonyl (C=O) groups is 2. The maximum Gasteiger partial charge on any atom is 0.481 e. The number of imidazole rings is 1. The predicted octanol–water partition coefficient (Wildman–Crippen LogP) is -1.78. The van der Waals surface area contributed by atoms with Crippen LogP contribution in [0.5, 0.6) is 0 Å². The van der Waals surface area contributed by atoms with Crippen LogP contribution < -0.4 is 16.4 Å². The monoisotopic (exact) mass is 687 g/mol. The number of ether oxygens (including phenoxy) is 1. The zero-order chi connectivity index (χ0) is 32.9. The summed E-state index contributed by atoms with van der Waals surface area (Å²) >= 11 is 3.96. The van der Waals surface area contributed by atoms with Crippen LogP contribution in [0.3, 0.4) is 0 Å². The van der Waals surface area contributed by atoms with Crippen LogP contribution in [0.15, 0.2) is 12.7 Å². The number of nitrogen functional groups attached to an aromatic ring is 1. The summed E-state index contributed by atoms with van der Waals surface area (Å²) < 4.78 is 45.3. The number of nitrogens with zero attached hydrogens (tertiary/aromatic N) is 4. The number of rotatable bonds is 16. The van der Waals surface area contributed by atoms with Crippen LogP contribution in [0.4, 0.5) is 5.82 Å². The van der Waals surface area contributed by atoms with Gasteiger partial charge in [-0.05, 0) is 0 Å². The standard InChI is InChI=1S/C21H35N7O13P2S/c1-21(2,16(32)19(33)24-4-3-12(29)23-5-6-44)8-39-43(36,37)41-42(34,35)38-7-11-14(30)15(31)20(40-11)28-10-27-13-17(22)25-9-26-18(13)28/h9-11,14-16,20,30-32,44H,3-8H2,1-2H3,(H,23,29)(H,24,33)(H,34,35)(H,36,37)(H2,22,25,26)/t11-,14-,15-,16+,20-/m0/s1. The molecule has 20 nitrogen and oxygen atoms in total. The van der Waals surface area contributed by atoms with E-state index >= 15 is 0 Å². The summed E-state index contributed by atoms with van der Waals surface area (Å²) in [4.78, 5) is 55.7. The van der Waals surface area contributed by atoms with E-state index in [9.17, 15) is 43.8 Å². The van der Waals surface area contributed by atoms with Crippen molar-refractivity contribution in [2.24, 2.45) is 5.41 Å². The van der Waals surface area contributed by atoms with E-state index in [1.807, 2.05) is 0 Å². The van der Waals surface area contributed by atoms with Gasteiger partial charge in [-0.3, -0.25) is 23.2 Å². The minimum absolute atomic E-state index is 0.0540. The molecule has 3 heterocycles. The highest BCUT2D eigenvalue weighted by atomic mass is 32.1. The van der Waals surface area contributed by atoms with Gasteiger partial charge >= 0.3 is 15.6 Å². The summed E-state index contributed by atoms with van der Waals surface area (Å²) in [6.07, 6.45) is -5.39. The van der Waals surface area contributed by atoms with Crippen molar-refractivity contribution in [2.75, 3.05) is 37.8 Å². The Morgan fingerprint density at radius 2 is 1.82 bits per heavy atom. The molecular weight excluding hydrogens is 652 g/mol. The van der Waals surface area contributed by atoms with Crippen LogP contribution in [0, 0.1) is 5.41 Å². The number of nitrogens with one attached hydrogen (secondary N) is 2. The fraction of sp³-hybridized carbons (Fsp3) is 0.667. The first-order valence-corrected chi connectivity index (χ1v) is 16.5. The Labute approximate surface area is 255 Å². The highest BCUT2D eigenvalue weighted by molar-refractivity contribution is 7.80. The first kappa shape index (κ1) is 36.2. The van der Waals surface area contributed by atoms with Gasteiger partial charge in [0.1, 0.15) is 36.3 Å². The van der Waals surface area contributed by atoms with Crippen LogP contribution in [0.1, 0.15) is 26.5 Å². The number of fused-ring (bicyclic) bond motifs is 1. The molecule has 248 valence electrons. The number of aliphatic hydroxyl groups excluding tert-OH is 3. The van der Waals surface area contributed by atoms with Gasteiger partial charge in [0.2, 0.25) is 11.8 Å². The molecule has 1 saturated heterocycles. The molecule has 0 aliphatic carbocycles. The van der Waals surface area contributed by atoms with E-state index in [1.54, 1.807) is 0 Å². The van der Waals surface area contributed by atoms with Crippen LogP contribution in [-0.2, 0) is 36.8 Å². The van der Waals surface area contributed by atoms with E-state index in [4.69, 9.17) is 19.5 Å². The van der Waals surface area contributed by atoms with Gasteiger partial charge in [-0.1, -0.05) is 13.8 Å². The van der Waals surface area contributed by atoms with Crippen molar-refractivity contribution in [2.45, 2.75) is 50.9 Å². The zero-order valence-electron chi connectivity index (χ0n) is 23.5. The summed E-state index contributed by atoms with van der Waals surface area (Å²) in [6, 6.07) is 0. The van der Waals surface area contributed by atoms with E-state index in [0.717, 1.165) is 6.33 Å². The third-order valence-corrected chi connectivity index (χ3v) is 9.09. The van der Waals surface area contributed by atoms with Gasteiger partial charge < -0.3 is 46.2 Å². The summed E-state index contributed by atoms with van der Waals surface area (Å²) in [5.74, 6) is -0.760. The highest BCUT2D eigenvalue weighted by Gasteiger charge is 2.46. The predicted molar refractivity (Wildman–Crippen MR) is 153 cm³/mol. The Morgan fingerprint density at radius 1 is 1.14 bits per heavy atom. The summed E-state index contributed by atoms with van der Waals surface area (Å²) in [5, 5.41) is 36.2. The fourth-order valence-corrected chi connectivity index (χ4v) is 6.22. The van der Waals surface area contributed by atoms with Crippen molar-refractivity contribution in [3.05, 3.63) is 12.7 Å². The molecule has 0 bridgehead atoms. The Kier molecular flexibility index (Phi) is 12.3. The van der Waals surface area contributed by atoms with Crippen molar-refractivity contribution >= 4 is 57.1 Å². The van der Waals surface area contributed by atoms with Gasteiger partial charge in [0, 0.05) is 30.7 Å². The smallest absolute Gasteiger partial charge is 0.387 e. The van der Waals surface area contributed by atoms with Gasteiger partial charge in [0.15, 0.2) is 17.7 Å². The van der Waals surface area contributed by atoms with E-state index in [2.05, 4.69) is 42.5 Å².